The van der Waals surface area contributed by atoms with Crippen molar-refractivity contribution in [2.45, 2.75) is 0 Å². The molecule has 0 atom stereocenters. The van der Waals surface area contributed by atoms with Gasteiger partial charge >= 0.3 is 0 Å². The van der Waals surface area contributed by atoms with Gasteiger partial charge in [-0.25, -0.2) is 0 Å². The molecule has 0 unspecified atom stereocenters. The normalized spacial score (nSPS) is 11.0. The quantitative estimate of drug-likeness (QED) is 0.555. The van der Waals surface area contributed by atoms with Crippen molar-refractivity contribution in [2.24, 2.45) is 0 Å². The number of hydrogen-bond donors (Lipinski definition) is 2. The van der Waals surface area contributed by atoms with Gasteiger partial charge in [0.1, 0.15) is 0 Å². The van der Waals surface area contributed by atoms with Gasteiger partial charge in [0.25, 0.3) is 5.56 Å². The van der Waals surface area contributed by atoms with Gasteiger partial charge in [-0.2, -0.15) is 0 Å². The Morgan fingerprint density at radius 1 is 0.870 bits per heavy atom. The number of fused-ring (bicyclic) bond motifs is 1. The summed E-state index contributed by atoms with van der Waals surface area (Å²) in [6, 6.07) is 22.4. The van der Waals surface area contributed by atoms with Crippen LogP contribution in [0.1, 0.15) is 0 Å². The average Bonchev–Trinajstić information content (AvgIpc) is 2.97. The lowest BCUT2D eigenvalue weighted by Gasteiger charge is -2.08. The van der Waals surface area contributed by atoms with Crippen LogP contribution >= 0.6 is 11.6 Å². The molecule has 1 aromatic heterocycles. The minimum atomic E-state index is -0.118. The Balaban J connectivity index is 1.92. The monoisotopic (exact) mass is 319 g/mol. The van der Waals surface area contributed by atoms with Crippen molar-refractivity contribution in [3.8, 4) is 22.3 Å². The van der Waals surface area contributed by atoms with E-state index in [9.17, 15) is 4.79 Å². The lowest BCUT2D eigenvalue weighted by atomic mass is 9.98. The minimum Gasteiger partial charge on any atom is -0.297 e. The molecule has 0 spiro atoms. The lowest BCUT2D eigenvalue weighted by molar-refractivity contribution is 1.08. The van der Waals surface area contributed by atoms with Gasteiger partial charge in [-0.3, -0.25) is 15.0 Å². The smallest absolute Gasteiger partial charge is 0.271 e. The van der Waals surface area contributed by atoms with E-state index in [0.717, 1.165) is 27.8 Å². The Kier molecular flexibility index (Phi) is 3.28. The van der Waals surface area contributed by atoms with Crippen LogP contribution < -0.4 is 5.56 Å². The maximum Gasteiger partial charge on any atom is 0.271 e. The standard InChI is InChI=1S/C19H12ClN2O/c20-17-10-2-1-7-14(17)12-5-3-6-13(11-12)15-8-4-9-16-18(15)21-22-19(16)23/h1-2,4-11H,(H2,21,22,23). The summed E-state index contributed by atoms with van der Waals surface area (Å²) in [4.78, 5) is 11.8. The van der Waals surface area contributed by atoms with Gasteiger partial charge < -0.3 is 0 Å². The molecule has 0 amide bonds. The Bertz CT molecular complexity index is 1060. The van der Waals surface area contributed by atoms with Gasteiger partial charge in [0.15, 0.2) is 0 Å². The van der Waals surface area contributed by atoms with Gasteiger partial charge in [0.2, 0.25) is 0 Å². The summed E-state index contributed by atoms with van der Waals surface area (Å²) in [5, 5.41) is 6.92. The SMILES string of the molecule is O=c1[nH][nH]c2c(-c3c[c]cc(-c4ccccc4Cl)c3)cccc12. The lowest BCUT2D eigenvalue weighted by Crippen LogP contribution is -1.96. The molecule has 1 heterocycles. The molecule has 1 radical (unpaired) electrons. The van der Waals surface area contributed by atoms with Crippen molar-refractivity contribution in [1.82, 2.24) is 10.2 Å². The number of hydrogen-bond acceptors (Lipinski definition) is 1. The average molecular weight is 320 g/mol. The molecule has 0 bridgehead atoms. The molecule has 0 aliphatic rings. The zero-order valence-electron chi connectivity index (χ0n) is 12.1. The van der Waals surface area contributed by atoms with E-state index in [0.29, 0.717) is 10.4 Å². The first-order valence-corrected chi connectivity index (χ1v) is 7.57. The molecule has 0 saturated carbocycles. The number of H-pyrrole nitrogens is 2. The fourth-order valence-corrected chi connectivity index (χ4v) is 3.03. The summed E-state index contributed by atoms with van der Waals surface area (Å²) >= 11 is 6.29. The summed E-state index contributed by atoms with van der Waals surface area (Å²) in [7, 11) is 0. The summed E-state index contributed by atoms with van der Waals surface area (Å²) < 4.78 is 0. The molecule has 3 nitrogen and oxygen atoms in total. The third kappa shape index (κ3) is 2.35. The van der Waals surface area contributed by atoms with E-state index in [1.807, 2.05) is 48.5 Å². The molecule has 3 aromatic carbocycles. The van der Waals surface area contributed by atoms with Crippen molar-refractivity contribution in [3.63, 3.8) is 0 Å². The number of aromatic amines is 2. The van der Waals surface area contributed by atoms with E-state index in [-0.39, 0.29) is 5.56 Å². The fourth-order valence-electron chi connectivity index (χ4n) is 2.78. The van der Waals surface area contributed by atoms with Crippen molar-refractivity contribution in [3.05, 3.63) is 82.1 Å². The highest BCUT2D eigenvalue weighted by Gasteiger charge is 2.09. The van der Waals surface area contributed by atoms with Gasteiger partial charge in [-0.1, -0.05) is 41.9 Å². The number of para-hydroxylation sites is 1. The van der Waals surface area contributed by atoms with Crippen LogP contribution in [-0.2, 0) is 0 Å². The molecule has 111 valence electrons. The molecule has 0 fully saturated rings. The highest BCUT2D eigenvalue weighted by atomic mass is 35.5. The molecule has 2 N–H and O–H groups in total. The van der Waals surface area contributed by atoms with Crippen LogP contribution in [0, 0.1) is 6.07 Å². The van der Waals surface area contributed by atoms with Gasteiger partial charge in [-0.05, 0) is 47.5 Å². The summed E-state index contributed by atoms with van der Waals surface area (Å²) in [6.45, 7) is 0. The van der Waals surface area contributed by atoms with Crippen LogP contribution in [0.25, 0.3) is 33.2 Å². The molecule has 0 aliphatic carbocycles. The number of benzene rings is 3. The molecule has 4 rings (SSSR count). The summed E-state index contributed by atoms with van der Waals surface area (Å²) in [5.74, 6) is 0. The van der Waals surface area contributed by atoms with Crippen LogP contribution in [0.3, 0.4) is 0 Å². The molecule has 4 aromatic rings. The van der Waals surface area contributed by atoms with Gasteiger partial charge in [0.05, 0.1) is 10.9 Å². The molecule has 4 heteroatoms. The van der Waals surface area contributed by atoms with Crippen LogP contribution in [0.5, 0.6) is 0 Å². The maximum atomic E-state index is 11.8. The molecule has 0 aliphatic heterocycles. The second-order valence-electron chi connectivity index (χ2n) is 5.30. The number of nitrogens with one attached hydrogen (secondary N) is 2. The molecule has 0 saturated heterocycles. The third-order valence-corrected chi connectivity index (χ3v) is 4.22. The van der Waals surface area contributed by atoms with Crippen LogP contribution in [0.2, 0.25) is 5.02 Å². The largest absolute Gasteiger partial charge is 0.297 e. The topological polar surface area (TPSA) is 48.6 Å². The minimum absolute atomic E-state index is 0.118. The van der Waals surface area contributed by atoms with Crippen molar-refractivity contribution < 1.29 is 0 Å². The Hall–Kier alpha value is -2.78. The Labute approximate surface area is 137 Å². The van der Waals surface area contributed by atoms with Crippen molar-refractivity contribution in [2.75, 3.05) is 0 Å². The van der Waals surface area contributed by atoms with Crippen LogP contribution in [0.15, 0.2) is 65.5 Å². The maximum absolute atomic E-state index is 11.8. The van der Waals surface area contributed by atoms with E-state index >= 15 is 0 Å². The van der Waals surface area contributed by atoms with Crippen molar-refractivity contribution in [1.29, 1.82) is 0 Å². The highest BCUT2D eigenvalue weighted by molar-refractivity contribution is 6.33. The van der Waals surface area contributed by atoms with E-state index in [4.69, 9.17) is 11.6 Å². The second-order valence-corrected chi connectivity index (χ2v) is 5.70. The number of halogens is 1. The molecule has 23 heavy (non-hydrogen) atoms. The van der Waals surface area contributed by atoms with Gasteiger partial charge in [0, 0.05) is 16.1 Å². The van der Waals surface area contributed by atoms with Crippen LogP contribution in [0.4, 0.5) is 0 Å². The predicted molar refractivity (Wildman–Crippen MR) is 93.6 cm³/mol. The highest BCUT2D eigenvalue weighted by Crippen LogP contribution is 2.32. The number of rotatable bonds is 2. The zero-order chi connectivity index (χ0) is 15.8. The second kappa shape index (κ2) is 5.45. The summed E-state index contributed by atoms with van der Waals surface area (Å²) in [6.07, 6.45) is 0. The van der Waals surface area contributed by atoms with E-state index < -0.39 is 0 Å². The fraction of sp³-hybridized carbons (Fsp3) is 0. The Morgan fingerprint density at radius 2 is 1.61 bits per heavy atom. The first-order chi connectivity index (χ1) is 11.2. The first-order valence-electron chi connectivity index (χ1n) is 7.20. The number of aromatic nitrogens is 2. The van der Waals surface area contributed by atoms with E-state index in [2.05, 4.69) is 22.3 Å². The predicted octanol–water partition coefficient (Wildman–Crippen LogP) is 4.64. The Morgan fingerprint density at radius 3 is 2.43 bits per heavy atom. The van der Waals surface area contributed by atoms with Crippen LogP contribution in [-0.4, -0.2) is 10.2 Å². The molecular formula is C19H12ClN2O. The van der Waals surface area contributed by atoms with E-state index in [1.54, 1.807) is 6.07 Å². The first kappa shape index (κ1) is 13.9. The third-order valence-electron chi connectivity index (χ3n) is 3.89. The van der Waals surface area contributed by atoms with Crippen molar-refractivity contribution >= 4 is 22.5 Å². The summed E-state index contributed by atoms with van der Waals surface area (Å²) in [5.41, 5.74) is 4.55. The molecular weight excluding hydrogens is 308 g/mol. The van der Waals surface area contributed by atoms with Gasteiger partial charge in [-0.15, -0.1) is 0 Å². The van der Waals surface area contributed by atoms with E-state index in [1.165, 1.54) is 0 Å². The zero-order valence-corrected chi connectivity index (χ0v) is 12.8.